The minimum Gasteiger partial charge on any atom is -0.488 e. The van der Waals surface area contributed by atoms with Crippen molar-refractivity contribution in [3.05, 3.63) is 310 Å². The molecule has 5 heterocycles. The second-order valence-corrected chi connectivity index (χ2v) is 35.0. The van der Waals surface area contributed by atoms with E-state index >= 15 is 0 Å². The number of rotatable bonds is 28. The highest BCUT2D eigenvalue weighted by molar-refractivity contribution is 14.1. The highest BCUT2D eigenvalue weighted by atomic mass is 127. The van der Waals surface area contributed by atoms with Gasteiger partial charge in [0.05, 0.1) is 36.0 Å². The van der Waals surface area contributed by atoms with Crippen molar-refractivity contribution in [1.29, 1.82) is 0 Å². The Morgan fingerprint density at radius 3 is 0.947 bits per heavy atom. The lowest BCUT2D eigenvalue weighted by Gasteiger charge is -2.20. The second-order valence-electron chi connectivity index (χ2n) is 30.1. The molecule has 680 valence electrons. The number of aromatic nitrogens is 4. The summed E-state index contributed by atoms with van der Waals surface area (Å²) in [6.07, 6.45) is 3.66. The average Bonchev–Trinajstić information content (AvgIpc) is 1.77. The van der Waals surface area contributed by atoms with Crippen molar-refractivity contribution < 1.29 is 79.5 Å². The van der Waals surface area contributed by atoms with Crippen LogP contribution in [0.15, 0.2) is 189 Å². The smallest absolute Gasteiger partial charge is 0.256 e. The van der Waals surface area contributed by atoms with Gasteiger partial charge in [-0.1, -0.05) is 49.4 Å². The lowest BCUT2D eigenvalue weighted by atomic mass is 10.00. The van der Waals surface area contributed by atoms with Gasteiger partial charge >= 0.3 is 0 Å². The van der Waals surface area contributed by atoms with E-state index in [1.807, 2.05) is 103 Å². The number of ether oxygens (including phenoxy) is 6. The lowest BCUT2D eigenvalue weighted by molar-refractivity contribution is 0.0969. The molecule has 8 aromatic carbocycles. The van der Waals surface area contributed by atoms with E-state index in [-0.39, 0.29) is 120 Å². The number of hydrogen-bond donors (Lipinski definition) is 8. The summed E-state index contributed by atoms with van der Waals surface area (Å²) in [7, 11) is 5.74. The van der Waals surface area contributed by atoms with E-state index in [9.17, 15) is 70.3 Å². The standard InChI is InChI=1S/C25H23FIN3O4.C24H23FIN3O5.C23H21FIN3O4.C22H19FIN3O4/c1-13-16(19(31)10-14-6-7-14)4-3-5-20(13)34-21-12-22(32)30(2)25(23(21)24(28)33)29-18-9-8-15(27)11-17(18)26;1-13-18(33-15-8-9-32-12-15)4-3-5-19(13)34-20-11-21(30)29(2)24(22(20)23(27)31)28-17-7-6-14(26)10-16(17)25;1-4-17(29)14-6-5-7-18(12(14)2)32-19-11-20(30)28(3)23(21(19)22(26)31)27-16-9-8-13(25)10-15(16)24;1-11-14(12(2)28)5-4-6-17(11)31-18-10-19(29)27(3)22(20(18)21(25)30)26-16-8-7-13(24)9-15(16)23/h3-5,8-9,11-12,14,29H,6-7,10H2,1-2H3,(H2,28,33);3-7,10-11,15,28H,8-9,12H2,1-2H3,(H2,27,31);5-11,27H,4H2,1-3H3,(H2,26,31);4-10,26H,1-3H3,(H2,25,30)/t;15-;;/m.1../s1. The first-order chi connectivity index (χ1) is 62.1. The Bertz CT molecular complexity index is 6830. The minimum atomic E-state index is -0.876. The van der Waals surface area contributed by atoms with E-state index in [4.69, 9.17) is 51.4 Å². The van der Waals surface area contributed by atoms with E-state index in [0.29, 0.717) is 108 Å². The number of nitrogens with one attached hydrogen (secondary N) is 4. The van der Waals surface area contributed by atoms with Crippen LogP contribution in [0.3, 0.4) is 0 Å². The Morgan fingerprint density at radius 2 is 0.672 bits per heavy atom. The van der Waals surface area contributed by atoms with Crippen LogP contribution in [0, 0.1) is 71.2 Å². The average molecular weight is 2240 g/mol. The molecule has 0 bridgehead atoms. The molecule has 12 N–H and O–H groups in total. The topological polar surface area (TPSA) is 415 Å². The Hall–Kier alpha value is -12.8. The molecule has 1 atom stereocenters. The number of nitrogens with zero attached hydrogens (tertiary/aromatic N) is 4. The maximum atomic E-state index is 14.5. The highest BCUT2D eigenvalue weighted by Gasteiger charge is 2.31. The quantitative estimate of drug-likeness (QED) is 0.0128. The van der Waals surface area contributed by atoms with Crippen LogP contribution in [0.25, 0.3) is 0 Å². The Kier molecular flexibility index (Phi) is 32.7. The monoisotopic (exact) mass is 2240 g/mol. The molecule has 2 aliphatic rings. The van der Waals surface area contributed by atoms with Crippen LogP contribution in [0.4, 0.5) is 63.6 Å². The van der Waals surface area contributed by atoms with Crippen molar-refractivity contribution in [1.82, 2.24) is 18.3 Å². The molecule has 37 heteroatoms. The predicted molar refractivity (Wildman–Crippen MR) is 522 cm³/mol. The Labute approximate surface area is 801 Å². The molecule has 4 amide bonds. The largest absolute Gasteiger partial charge is 0.488 e. The van der Waals surface area contributed by atoms with E-state index in [1.54, 1.807) is 119 Å². The maximum Gasteiger partial charge on any atom is 0.256 e. The first kappa shape index (κ1) is 98.8. The van der Waals surface area contributed by atoms with Gasteiger partial charge in [-0.3, -0.25) is 71.0 Å². The van der Waals surface area contributed by atoms with Crippen molar-refractivity contribution in [2.45, 2.75) is 79.8 Å². The number of ketones is 3. The summed E-state index contributed by atoms with van der Waals surface area (Å²) in [5.41, 5.74) is 24.2. The zero-order valence-electron chi connectivity index (χ0n) is 71.8. The van der Waals surface area contributed by atoms with Gasteiger partial charge in [0, 0.05) is 125 Å². The second kappa shape index (κ2) is 43.3. The zero-order chi connectivity index (χ0) is 95.4. The minimum absolute atomic E-state index is 0.00581. The van der Waals surface area contributed by atoms with Gasteiger partial charge in [-0.05, 0) is 247 Å². The molecule has 1 aliphatic carbocycles. The molecule has 14 rings (SSSR count). The maximum absolute atomic E-state index is 14.5. The zero-order valence-corrected chi connectivity index (χ0v) is 80.5. The number of nitrogens with two attached hydrogens (primary N) is 4. The van der Waals surface area contributed by atoms with Gasteiger partial charge in [-0.25, -0.2) is 17.6 Å². The molecule has 1 saturated carbocycles. The van der Waals surface area contributed by atoms with Crippen molar-refractivity contribution in [2.75, 3.05) is 34.5 Å². The van der Waals surface area contributed by atoms with E-state index in [0.717, 1.165) is 51.2 Å². The van der Waals surface area contributed by atoms with Crippen LogP contribution < -0.4 is 90.1 Å². The molecule has 1 saturated heterocycles. The van der Waals surface area contributed by atoms with Gasteiger partial charge in [0.1, 0.15) is 127 Å². The number of pyridine rings is 4. The fourth-order valence-corrected chi connectivity index (χ4v) is 15.4. The molecule has 4 aromatic heterocycles. The summed E-state index contributed by atoms with van der Waals surface area (Å²) in [6, 6.07) is 42.7. The third kappa shape index (κ3) is 23.9. The summed E-state index contributed by atoms with van der Waals surface area (Å²) in [4.78, 5) is 137. The molecule has 0 unspecified atom stereocenters. The summed E-state index contributed by atoms with van der Waals surface area (Å²) in [5.74, 6) is -3.89. The number of carbonyl (C=O) groups excluding carboxylic acids is 7. The fraction of sp³-hybridized carbons (Fsp3) is 0.202. The van der Waals surface area contributed by atoms with Crippen LogP contribution in [-0.4, -0.2) is 78.6 Å². The number of carbonyl (C=O) groups is 7. The van der Waals surface area contributed by atoms with Gasteiger partial charge in [0.15, 0.2) is 17.3 Å². The first-order valence-electron chi connectivity index (χ1n) is 40.1. The molecule has 0 spiro atoms. The fourth-order valence-electron chi connectivity index (χ4n) is 13.6. The van der Waals surface area contributed by atoms with Crippen molar-refractivity contribution in [3.8, 4) is 51.7 Å². The number of benzene rings is 8. The number of Topliss-reactive ketones (excluding diaryl/α,β-unsaturated/α-hetero) is 3. The molecular formula is C94H86F4I4N12O17. The third-order valence-corrected chi connectivity index (χ3v) is 23.6. The Morgan fingerprint density at radius 1 is 0.389 bits per heavy atom. The number of halogens is 8. The van der Waals surface area contributed by atoms with Crippen molar-refractivity contribution in [2.24, 2.45) is 57.0 Å². The van der Waals surface area contributed by atoms with Crippen LogP contribution >= 0.6 is 90.4 Å². The van der Waals surface area contributed by atoms with Crippen LogP contribution in [0.2, 0.25) is 0 Å². The molecule has 29 nitrogen and oxygen atoms in total. The molecular weight excluding hydrogens is 2150 g/mol. The molecule has 0 radical (unpaired) electrons. The molecule has 2 fully saturated rings. The van der Waals surface area contributed by atoms with Gasteiger partial charge in [-0.15, -0.1) is 0 Å². The van der Waals surface area contributed by atoms with E-state index < -0.39 is 69.1 Å². The van der Waals surface area contributed by atoms with E-state index in [2.05, 4.69) is 21.3 Å². The summed E-state index contributed by atoms with van der Waals surface area (Å²) in [5, 5.41) is 11.2. The SMILES string of the molecule is CC(=O)c1cccc(Oc2cc(=O)n(C)c(Nc3ccc(I)cc3F)c2C(N)=O)c1C.CCC(=O)c1cccc(Oc2cc(=O)n(C)c(Nc3ccc(I)cc3F)c2C(N)=O)c1C.Cc1c(Oc2cc(=O)n(C)c(Nc3ccc(I)cc3F)c2C(N)=O)cccc1C(=O)CC1CC1.Cc1c(Oc2cc(=O)n(C)c(Nc3ccc(I)cc3F)c2C(N)=O)cccc1O[C@@H]1CCOC1. The normalized spacial score (nSPS) is 12.4. The van der Waals surface area contributed by atoms with Gasteiger partial charge in [-0.2, -0.15) is 0 Å². The van der Waals surface area contributed by atoms with Crippen LogP contribution in [0.1, 0.15) is 141 Å². The summed E-state index contributed by atoms with van der Waals surface area (Å²) >= 11 is 7.91. The first-order valence-corrected chi connectivity index (χ1v) is 44.4. The number of anilines is 8. The lowest BCUT2D eigenvalue weighted by Crippen LogP contribution is -2.25. The van der Waals surface area contributed by atoms with Gasteiger partial charge in [0.2, 0.25) is 0 Å². The van der Waals surface area contributed by atoms with Crippen molar-refractivity contribution in [3.63, 3.8) is 0 Å². The number of hydrogen-bond acceptors (Lipinski definition) is 21. The highest BCUT2D eigenvalue weighted by Crippen LogP contribution is 2.42. The molecule has 131 heavy (non-hydrogen) atoms. The number of amides is 4. The summed E-state index contributed by atoms with van der Waals surface area (Å²) < 4.78 is 100. The molecule has 1 aliphatic heterocycles. The molecule has 12 aromatic rings. The third-order valence-electron chi connectivity index (χ3n) is 21.0. The predicted octanol–water partition coefficient (Wildman–Crippen LogP) is 18.2. The number of primary amides is 4. The van der Waals surface area contributed by atoms with Gasteiger partial charge in [0.25, 0.3) is 45.9 Å². The van der Waals surface area contributed by atoms with Crippen LogP contribution in [-0.2, 0) is 32.9 Å². The van der Waals surface area contributed by atoms with E-state index in [1.165, 1.54) is 94.3 Å². The van der Waals surface area contributed by atoms with Crippen molar-refractivity contribution >= 4 is 177 Å². The summed E-state index contributed by atoms with van der Waals surface area (Å²) in [6.45, 7) is 11.3. The van der Waals surface area contributed by atoms with Gasteiger partial charge < -0.3 is 72.6 Å². The Balaban J connectivity index is 0.000000169. The van der Waals surface area contributed by atoms with Crippen LogP contribution in [0.5, 0.6) is 51.7 Å².